The SMILES string of the molecule is CCOc1cc(-c2nc3sc4c(c3c(=O)[nH]2)CCCCCC4)cc(Br)c1O. The third kappa shape index (κ3) is 3.50. The Morgan fingerprint density at radius 3 is 2.81 bits per heavy atom. The highest BCUT2D eigenvalue weighted by molar-refractivity contribution is 9.10. The minimum Gasteiger partial charge on any atom is -0.503 e. The van der Waals surface area contributed by atoms with Crippen LogP contribution in [0.3, 0.4) is 0 Å². The van der Waals surface area contributed by atoms with E-state index in [2.05, 4.69) is 20.9 Å². The summed E-state index contributed by atoms with van der Waals surface area (Å²) >= 11 is 4.99. The summed E-state index contributed by atoms with van der Waals surface area (Å²) in [5.74, 6) is 0.898. The number of aryl methyl sites for hydroxylation is 2. The first-order chi connectivity index (χ1) is 13.1. The molecular formula is C20H21BrN2O3S. The van der Waals surface area contributed by atoms with Crippen LogP contribution >= 0.6 is 27.3 Å². The number of phenolic OH excluding ortho intramolecular Hbond substituents is 1. The molecule has 2 N–H and O–H groups in total. The van der Waals surface area contributed by atoms with Crippen molar-refractivity contribution in [2.45, 2.75) is 45.4 Å². The van der Waals surface area contributed by atoms with Gasteiger partial charge in [-0.1, -0.05) is 12.8 Å². The molecule has 142 valence electrons. The molecule has 0 amide bonds. The average molecular weight is 449 g/mol. The summed E-state index contributed by atoms with van der Waals surface area (Å²) in [5.41, 5.74) is 1.80. The summed E-state index contributed by atoms with van der Waals surface area (Å²) in [4.78, 5) is 22.7. The molecule has 0 aliphatic heterocycles. The lowest BCUT2D eigenvalue weighted by molar-refractivity contribution is 0.317. The fourth-order valence-electron chi connectivity index (χ4n) is 3.63. The van der Waals surface area contributed by atoms with Crippen LogP contribution < -0.4 is 10.3 Å². The topological polar surface area (TPSA) is 75.2 Å². The molecule has 3 aromatic rings. The monoisotopic (exact) mass is 448 g/mol. The van der Waals surface area contributed by atoms with Gasteiger partial charge in [0.15, 0.2) is 11.5 Å². The summed E-state index contributed by atoms with van der Waals surface area (Å²) in [6.07, 6.45) is 6.77. The molecule has 0 saturated heterocycles. The second kappa shape index (κ2) is 7.64. The lowest BCUT2D eigenvalue weighted by Gasteiger charge is -2.10. The maximum atomic E-state index is 12.9. The van der Waals surface area contributed by atoms with Crippen molar-refractivity contribution in [3.63, 3.8) is 0 Å². The second-order valence-corrected chi connectivity index (χ2v) is 8.69. The number of phenols is 1. The fourth-order valence-corrected chi connectivity index (χ4v) is 5.33. The number of fused-ring (bicyclic) bond motifs is 3. The van der Waals surface area contributed by atoms with Crippen LogP contribution in [0.5, 0.6) is 11.5 Å². The zero-order valence-corrected chi connectivity index (χ0v) is 17.5. The Bertz CT molecular complexity index is 1060. The molecule has 1 aromatic carbocycles. The number of thiophene rings is 1. The number of nitrogens with zero attached hydrogens (tertiary/aromatic N) is 1. The Hall–Kier alpha value is -1.86. The smallest absolute Gasteiger partial charge is 0.260 e. The number of H-pyrrole nitrogens is 1. The maximum absolute atomic E-state index is 12.9. The van der Waals surface area contributed by atoms with E-state index in [1.807, 2.05) is 6.92 Å². The van der Waals surface area contributed by atoms with Crippen molar-refractivity contribution in [3.05, 3.63) is 37.4 Å². The van der Waals surface area contributed by atoms with Crippen LogP contribution in [0.15, 0.2) is 21.4 Å². The van der Waals surface area contributed by atoms with Gasteiger partial charge < -0.3 is 14.8 Å². The second-order valence-electron chi connectivity index (χ2n) is 6.75. The molecule has 0 saturated carbocycles. The van der Waals surface area contributed by atoms with E-state index in [1.165, 1.54) is 29.7 Å². The molecule has 27 heavy (non-hydrogen) atoms. The number of benzene rings is 1. The molecule has 0 atom stereocenters. The summed E-state index contributed by atoms with van der Waals surface area (Å²) < 4.78 is 6.00. The Morgan fingerprint density at radius 1 is 1.26 bits per heavy atom. The number of hydrogen-bond donors (Lipinski definition) is 2. The third-order valence-corrected chi connectivity index (χ3v) is 6.72. The number of nitrogens with one attached hydrogen (secondary N) is 1. The Kier molecular flexibility index (Phi) is 5.23. The molecular weight excluding hydrogens is 428 g/mol. The van der Waals surface area contributed by atoms with Gasteiger partial charge in [0.05, 0.1) is 16.5 Å². The van der Waals surface area contributed by atoms with Crippen LogP contribution in [0.2, 0.25) is 0 Å². The van der Waals surface area contributed by atoms with Crippen LogP contribution in [0.1, 0.15) is 43.0 Å². The molecule has 2 aromatic heterocycles. The number of aromatic amines is 1. The van der Waals surface area contributed by atoms with E-state index >= 15 is 0 Å². The number of rotatable bonds is 3. The lowest BCUT2D eigenvalue weighted by atomic mass is 9.98. The predicted molar refractivity (Wildman–Crippen MR) is 112 cm³/mol. The minimum atomic E-state index is -0.0877. The first-order valence-corrected chi connectivity index (χ1v) is 10.9. The summed E-state index contributed by atoms with van der Waals surface area (Å²) in [5, 5.41) is 10.9. The van der Waals surface area contributed by atoms with Crippen molar-refractivity contribution in [1.82, 2.24) is 9.97 Å². The normalized spacial score (nSPS) is 14.6. The molecule has 2 heterocycles. The summed E-state index contributed by atoms with van der Waals surface area (Å²) in [6, 6.07) is 3.45. The predicted octanol–water partition coefficient (Wildman–Crippen LogP) is 5.18. The van der Waals surface area contributed by atoms with Crippen LogP contribution in [-0.2, 0) is 12.8 Å². The van der Waals surface area contributed by atoms with Gasteiger partial charge in [0.2, 0.25) is 0 Å². The van der Waals surface area contributed by atoms with Gasteiger partial charge in [-0.05, 0) is 66.2 Å². The first-order valence-electron chi connectivity index (χ1n) is 9.28. The zero-order valence-electron chi connectivity index (χ0n) is 15.1. The lowest BCUT2D eigenvalue weighted by Crippen LogP contribution is -2.10. The number of halogens is 1. The van der Waals surface area contributed by atoms with Crippen molar-refractivity contribution in [1.29, 1.82) is 0 Å². The van der Waals surface area contributed by atoms with E-state index in [0.717, 1.165) is 29.5 Å². The van der Waals surface area contributed by atoms with Crippen LogP contribution in [0.25, 0.3) is 21.6 Å². The van der Waals surface area contributed by atoms with E-state index in [4.69, 9.17) is 9.72 Å². The van der Waals surface area contributed by atoms with Crippen molar-refractivity contribution in [3.8, 4) is 22.9 Å². The Morgan fingerprint density at radius 2 is 2.04 bits per heavy atom. The highest BCUT2D eigenvalue weighted by Crippen LogP contribution is 2.39. The molecule has 7 heteroatoms. The molecule has 5 nitrogen and oxygen atoms in total. The Labute approximate surface area is 169 Å². The quantitative estimate of drug-likeness (QED) is 0.578. The molecule has 0 spiro atoms. The van der Waals surface area contributed by atoms with E-state index in [1.54, 1.807) is 23.5 Å². The minimum absolute atomic E-state index is 0.0445. The number of ether oxygens (including phenoxy) is 1. The van der Waals surface area contributed by atoms with Gasteiger partial charge in [-0.2, -0.15) is 0 Å². The van der Waals surface area contributed by atoms with Gasteiger partial charge in [-0.3, -0.25) is 4.79 Å². The maximum Gasteiger partial charge on any atom is 0.260 e. The summed E-state index contributed by atoms with van der Waals surface area (Å²) in [6.45, 7) is 2.29. The van der Waals surface area contributed by atoms with Crippen molar-refractivity contribution >= 4 is 37.5 Å². The van der Waals surface area contributed by atoms with Crippen molar-refractivity contribution in [2.75, 3.05) is 6.61 Å². The van der Waals surface area contributed by atoms with E-state index < -0.39 is 0 Å². The van der Waals surface area contributed by atoms with Crippen LogP contribution in [0.4, 0.5) is 0 Å². The standard InChI is InChI=1S/C20H21BrN2O3S/c1-2-26-14-10-11(9-13(21)17(14)24)18-22-19(25)16-12-7-5-3-4-6-8-15(12)27-20(16)23-18/h9-10,24H,2-8H2,1H3,(H,22,23,25). The van der Waals surface area contributed by atoms with Crippen molar-refractivity contribution < 1.29 is 9.84 Å². The van der Waals surface area contributed by atoms with E-state index in [9.17, 15) is 9.90 Å². The number of aromatic hydroxyl groups is 1. The third-order valence-electron chi connectivity index (χ3n) is 4.93. The van der Waals surface area contributed by atoms with Gasteiger partial charge in [-0.15, -0.1) is 11.3 Å². The van der Waals surface area contributed by atoms with Crippen molar-refractivity contribution in [2.24, 2.45) is 0 Å². The van der Waals surface area contributed by atoms with E-state index in [-0.39, 0.29) is 11.3 Å². The molecule has 4 rings (SSSR count). The number of hydrogen-bond acceptors (Lipinski definition) is 5. The molecule has 1 aliphatic rings. The Balaban J connectivity index is 1.86. The summed E-state index contributed by atoms with van der Waals surface area (Å²) in [7, 11) is 0. The van der Waals surface area contributed by atoms with Gasteiger partial charge in [0.25, 0.3) is 5.56 Å². The zero-order chi connectivity index (χ0) is 19.0. The highest BCUT2D eigenvalue weighted by atomic mass is 79.9. The molecule has 0 bridgehead atoms. The molecule has 0 radical (unpaired) electrons. The van der Waals surface area contributed by atoms with Gasteiger partial charge in [-0.25, -0.2) is 4.98 Å². The first kappa shape index (κ1) is 18.5. The van der Waals surface area contributed by atoms with Crippen LogP contribution in [-0.4, -0.2) is 21.7 Å². The van der Waals surface area contributed by atoms with Crippen LogP contribution in [0, 0.1) is 0 Å². The van der Waals surface area contributed by atoms with Gasteiger partial charge in [0, 0.05) is 10.4 Å². The molecule has 0 unspecified atom stereocenters. The molecule has 1 aliphatic carbocycles. The van der Waals surface area contributed by atoms with Gasteiger partial charge >= 0.3 is 0 Å². The number of aromatic nitrogens is 2. The highest BCUT2D eigenvalue weighted by Gasteiger charge is 2.19. The fraction of sp³-hybridized carbons (Fsp3) is 0.400. The largest absolute Gasteiger partial charge is 0.503 e. The molecule has 0 fully saturated rings. The van der Waals surface area contributed by atoms with Gasteiger partial charge in [0.1, 0.15) is 10.7 Å². The average Bonchev–Trinajstić information content (AvgIpc) is 2.96. The van der Waals surface area contributed by atoms with E-state index in [0.29, 0.717) is 28.2 Å².